The summed E-state index contributed by atoms with van der Waals surface area (Å²) in [4.78, 5) is 28.2. The number of likely N-dealkylation sites (N-methyl/N-ethyl adjacent to an activating group) is 1. The molecule has 2 rings (SSSR count). The van der Waals surface area contributed by atoms with Gasteiger partial charge in [-0.3, -0.25) is 9.59 Å². The first kappa shape index (κ1) is 17.4. The van der Waals surface area contributed by atoms with Gasteiger partial charge in [-0.05, 0) is 19.4 Å². The van der Waals surface area contributed by atoms with Crippen molar-refractivity contribution in [2.45, 2.75) is 32.0 Å². The van der Waals surface area contributed by atoms with Gasteiger partial charge in [0.05, 0.1) is 12.6 Å². The largest absolute Gasteiger partial charge is 0.395 e. The summed E-state index contributed by atoms with van der Waals surface area (Å²) in [6.07, 6.45) is -0.769. The Morgan fingerprint density at radius 3 is 2.61 bits per heavy atom. The van der Waals surface area contributed by atoms with Gasteiger partial charge >= 0.3 is 0 Å². The van der Waals surface area contributed by atoms with Crippen molar-refractivity contribution in [1.82, 2.24) is 9.80 Å². The SMILES string of the molecule is CC(C)N1C(=O)CO[C@H](C(=O)N(C)CCO)[C@H]1c1ccccc1. The first-order chi connectivity index (χ1) is 11.0. The van der Waals surface area contributed by atoms with Gasteiger partial charge in [0, 0.05) is 19.6 Å². The van der Waals surface area contributed by atoms with Crippen molar-refractivity contribution in [2.75, 3.05) is 26.8 Å². The van der Waals surface area contributed by atoms with Crippen LogP contribution in [0, 0.1) is 0 Å². The maximum Gasteiger partial charge on any atom is 0.254 e. The molecule has 23 heavy (non-hydrogen) atoms. The molecule has 6 nitrogen and oxygen atoms in total. The number of benzene rings is 1. The topological polar surface area (TPSA) is 70.1 Å². The Morgan fingerprint density at radius 2 is 2.04 bits per heavy atom. The second kappa shape index (κ2) is 7.57. The summed E-state index contributed by atoms with van der Waals surface area (Å²) in [5.74, 6) is -0.353. The summed E-state index contributed by atoms with van der Waals surface area (Å²) in [7, 11) is 1.63. The predicted octanol–water partition coefficient (Wildman–Crippen LogP) is 0.814. The van der Waals surface area contributed by atoms with E-state index in [1.165, 1.54) is 4.90 Å². The lowest BCUT2D eigenvalue weighted by Gasteiger charge is -2.43. The van der Waals surface area contributed by atoms with Crippen molar-refractivity contribution in [3.05, 3.63) is 35.9 Å². The summed E-state index contributed by atoms with van der Waals surface area (Å²) < 4.78 is 5.60. The number of aliphatic hydroxyl groups excluding tert-OH is 1. The molecule has 0 bridgehead atoms. The number of carbonyl (C=O) groups is 2. The molecular weight excluding hydrogens is 296 g/mol. The van der Waals surface area contributed by atoms with E-state index in [-0.39, 0.29) is 37.6 Å². The minimum Gasteiger partial charge on any atom is -0.395 e. The number of hydrogen-bond acceptors (Lipinski definition) is 4. The third-order valence-corrected chi connectivity index (χ3v) is 4.01. The highest BCUT2D eigenvalue weighted by Gasteiger charge is 2.43. The van der Waals surface area contributed by atoms with Gasteiger partial charge in [0.2, 0.25) is 5.91 Å². The lowest BCUT2D eigenvalue weighted by atomic mass is 9.95. The van der Waals surface area contributed by atoms with Gasteiger partial charge in [-0.2, -0.15) is 0 Å². The summed E-state index contributed by atoms with van der Waals surface area (Å²) in [6, 6.07) is 8.94. The molecule has 2 atom stereocenters. The van der Waals surface area contributed by atoms with E-state index in [0.717, 1.165) is 5.56 Å². The van der Waals surface area contributed by atoms with E-state index in [9.17, 15) is 9.59 Å². The fraction of sp³-hybridized carbons (Fsp3) is 0.529. The second-order valence-corrected chi connectivity index (χ2v) is 5.97. The number of nitrogens with zero attached hydrogens (tertiary/aromatic N) is 2. The molecule has 1 fully saturated rings. The average Bonchev–Trinajstić information content (AvgIpc) is 2.54. The Labute approximate surface area is 136 Å². The molecule has 0 unspecified atom stereocenters. The molecule has 1 saturated heterocycles. The van der Waals surface area contributed by atoms with Gasteiger partial charge in [0.15, 0.2) is 6.10 Å². The fourth-order valence-electron chi connectivity index (χ4n) is 2.91. The van der Waals surface area contributed by atoms with Crippen LogP contribution in [0.5, 0.6) is 0 Å². The molecule has 1 aliphatic heterocycles. The molecule has 1 aromatic rings. The van der Waals surface area contributed by atoms with Crippen LogP contribution in [0.4, 0.5) is 0 Å². The Morgan fingerprint density at radius 1 is 1.39 bits per heavy atom. The molecule has 1 aliphatic rings. The third kappa shape index (κ3) is 3.71. The number of ether oxygens (including phenoxy) is 1. The average molecular weight is 320 g/mol. The van der Waals surface area contributed by atoms with E-state index in [1.54, 1.807) is 11.9 Å². The molecule has 1 heterocycles. The zero-order valence-corrected chi connectivity index (χ0v) is 13.8. The van der Waals surface area contributed by atoms with E-state index in [0.29, 0.717) is 0 Å². The Balaban J connectivity index is 2.39. The van der Waals surface area contributed by atoms with Gasteiger partial charge in [0.1, 0.15) is 6.61 Å². The van der Waals surface area contributed by atoms with Crippen LogP contribution >= 0.6 is 0 Å². The van der Waals surface area contributed by atoms with E-state index in [4.69, 9.17) is 9.84 Å². The Kier molecular flexibility index (Phi) is 5.74. The zero-order chi connectivity index (χ0) is 17.0. The normalized spacial score (nSPS) is 21.6. The highest BCUT2D eigenvalue weighted by atomic mass is 16.5. The van der Waals surface area contributed by atoms with Crippen molar-refractivity contribution in [3.8, 4) is 0 Å². The van der Waals surface area contributed by atoms with E-state index in [1.807, 2.05) is 44.2 Å². The van der Waals surface area contributed by atoms with Gasteiger partial charge in [-0.25, -0.2) is 0 Å². The van der Waals surface area contributed by atoms with Gasteiger partial charge in [-0.1, -0.05) is 30.3 Å². The zero-order valence-electron chi connectivity index (χ0n) is 13.8. The molecule has 0 aliphatic carbocycles. The van der Waals surface area contributed by atoms with E-state index < -0.39 is 12.1 Å². The number of amides is 2. The van der Waals surface area contributed by atoms with Crippen LogP contribution in [0.15, 0.2) is 30.3 Å². The minimum absolute atomic E-state index is 0.0462. The highest BCUT2D eigenvalue weighted by molar-refractivity contribution is 5.86. The van der Waals surface area contributed by atoms with Crippen molar-refractivity contribution in [3.63, 3.8) is 0 Å². The standard InChI is InChI=1S/C17H24N2O4/c1-12(2)19-14(21)11-23-16(17(22)18(3)9-10-20)15(19)13-7-5-4-6-8-13/h4-8,12,15-16,20H,9-11H2,1-3H3/t15-,16+/m1/s1. The first-order valence-electron chi connectivity index (χ1n) is 7.81. The van der Waals surface area contributed by atoms with E-state index in [2.05, 4.69) is 0 Å². The van der Waals surface area contributed by atoms with Gasteiger partial charge in [0.25, 0.3) is 5.91 Å². The van der Waals surface area contributed by atoms with Crippen LogP contribution in [0.1, 0.15) is 25.5 Å². The molecule has 2 amide bonds. The lowest BCUT2D eigenvalue weighted by Crippen LogP contribution is -2.56. The van der Waals surface area contributed by atoms with Crippen molar-refractivity contribution < 1.29 is 19.4 Å². The molecule has 0 radical (unpaired) electrons. The van der Waals surface area contributed by atoms with Crippen molar-refractivity contribution in [1.29, 1.82) is 0 Å². The highest BCUT2D eigenvalue weighted by Crippen LogP contribution is 2.32. The summed E-state index contributed by atoms with van der Waals surface area (Å²) in [6.45, 7) is 3.87. The molecule has 126 valence electrons. The molecule has 1 aromatic carbocycles. The van der Waals surface area contributed by atoms with Gasteiger partial charge < -0.3 is 19.6 Å². The first-order valence-corrected chi connectivity index (χ1v) is 7.81. The van der Waals surface area contributed by atoms with Crippen LogP contribution < -0.4 is 0 Å². The van der Waals surface area contributed by atoms with Crippen LogP contribution in [0.25, 0.3) is 0 Å². The second-order valence-electron chi connectivity index (χ2n) is 5.97. The predicted molar refractivity (Wildman–Crippen MR) is 85.6 cm³/mol. The van der Waals surface area contributed by atoms with Crippen LogP contribution in [-0.2, 0) is 14.3 Å². The number of morpholine rings is 1. The quantitative estimate of drug-likeness (QED) is 0.872. The summed E-state index contributed by atoms with van der Waals surface area (Å²) in [5.41, 5.74) is 0.866. The Hall–Kier alpha value is -1.92. The van der Waals surface area contributed by atoms with Crippen LogP contribution in [0.3, 0.4) is 0 Å². The fourth-order valence-corrected chi connectivity index (χ4v) is 2.91. The number of aliphatic hydroxyl groups is 1. The summed E-state index contributed by atoms with van der Waals surface area (Å²) in [5, 5.41) is 9.05. The Bertz CT molecular complexity index is 547. The van der Waals surface area contributed by atoms with Crippen LogP contribution in [0.2, 0.25) is 0 Å². The molecule has 0 aromatic heterocycles. The van der Waals surface area contributed by atoms with Crippen molar-refractivity contribution >= 4 is 11.8 Å². The molecule has 0 spiro atoms. The number of rotatable bonds is 5. The minimum atomic E-state index is -0.769. The maximum absolute atomic E-state index is 12.7. The maximum atomic E-state index is 12.7. The molecule has 6 heteroatoms. The summed E-state index contributed by atoms with van der Waals surface area (Å²) >= 11 is 0. The molecular formula is C17H24N2O4. The molecule has 0 saturated carbocycles. The smallest absolute Gasteiger partial charge is 0.254 e. The van der Waals surface area contributed by atoms with Crippen molar-refractivity contribution in [2.24, 2.45) is 0 Å². The molecule has 1 N–H and O–H groups in total. The third-order valence-electron chi connectivity index (χ3n) is 4.01. The van der Waals surface area contributed by atoms with Crippen LogP contribution in [-0.4, -0.2) is 65.7 Å². The van der Waals surface area contributed by atoms with Gasteiger partial charge in [-0.15, -0.1) is 0 Å². The number of carbonyl (C=O) groups excluding carboxylic acids is 2. The number of hydrogen-bond donors (Lipinski definition) is 1. The lowest BCUT2D eigenvalue weighted by molar-refractivity contribution is -0.171. The van der Waals surface area contributed by atoms with E-state index >= 15 is 0 Å². The monoisotopic (exact) mass is 320 g/mol.